The van der Waals surface area contributed by atoms with Crippen molar-refractivity contribution in [2.24, 2.45) is 0 Å². The molecular weight excluding hydrogens is 144 g/mol. The van der Waals surface area contributed by atoms with Gasteiger partial charge in [-0.25, -0.2) is 0 Å². The van der Waals surface area contributed by atoms with Crippen LogP contribution in [0.2, 0.25) is 0 Å². The number of hydrogen-bond donors (Lipinski definition) is 0. The van der Waals surface area contributed by atoms with Gasteiger partial charge in [-0.15, -0.1) is 0 Å². The third-order valence-corrected chi connectivity index (χ3v) is 1.44. The zero-order valence-corrected chi connectivity index (χ0v) is 6.58. The molecule has 0 aliphatic carbocycles. The topological polar surface area (TPSA) is 35.5 Å². The van der Waals surface area contributed by atoms with E-state index < -0.39 is 0 Å². The van der Waals surface area contributed by atoms with E-state index >= 15 is 0 Å². The fourth-order valence-electron chi connectivity index (χ4n) is 0.856. The first-order chi connectivity index (χ1) is 5.33. The van der Waals surface area contributed by atoms with Gasteiger partial charge in [-0.3, -0.25) is 4.79 Å². The van der Waals surface area contributed by atoms with E-state index in [0.717, 1.165) is 12.7 Å². The molecule has 0 amide bonds. The minimum absolute atomic E-state index is 0.311. The number of rotatable bonds is 2. The molecule has 3 nitrogen and oxygen atoms in total. The highest BCUT2D eigenvalue weighted by Crippen LogP contribution is 2.07. The minimum atomic E-state index is -0.311. The van der Waals surface area contributed by atoms with E-state index in [-0.39, 0.29) is 6.29 Å². The number of aldehydes is 1. The van der Waals surface area contributed by atoms with E-state index in [9.17, 15) is 4.79 Å². The van der Waals surface area contributed by atoms with E-state index in [1.165, 1.54) is 0 Å². The van der Waals surface area contributed by atoms with Crippen molar-refractivity contribution in [3.05, 3.63) is 11.6 Å². The summed E-state index contributed by atoms with van der Waals surface area (Å²) in [6, 6.07) is 0. The van der Waals surface area contributed by atoms with Crippen LogP contribution in [-0.4, -0.2) is 25.8 Å². The fourth-order valence-corrected chi connectivity index (χ4v) is 0.856. The number of allylic oxidation sites excluding steroid dienone is 1. The SMILES string of the molecule is C/C(C=O)=C\C1OCCCO1. The van der Waals surface area contributed by atoms with Gasteiger partial charge in [0.1, 0.15) is 6.29 Å². The lowest BCUT2D eigenvalue weighted by Crippen LogP contribution is -2.23. The smallest absolute Gasteiger partial charge is 0.177 e. The minimum Gasteiger partial charge on any atom is -0.349 e. The Hall–Kier alpha value is -0.670. The molecule has 1 fully saturated rings. The van der Waals surface area contributed by atoms with Crippen LogP contribution in [0, 0.1) is 0 Å². The molecule has 1 saturated heterocycles. The molecule has 0 radical (unpaired) electrons. The van der Waals surface area contributed by atoms with E-state index in [4.69, 9.17) is 9.47 Å². The lowest BCUT2D eigenvalue weighted by Gasteiger charge is -2.20. The summed E-state index contributed by atoms with van der Waals surface area (Å²) < 4.78 is 10.4. The van der Waals surface area contributed by atoms with Crippen LogP contribution in [0.15, 0.2) is 11.6 Å². The number of hydrogen-bond acceptors (Lipinski definition) is 3. The largest absolute Gasteiger partial charge is 0.349 e. The van der Waals surface area contributed by atoms with Gasteiger partial charge in [-0.2, -0.15) is 0 Å². The van der Waals surface area contributed by atoms with Crippen LogP contribution in [0.5, 0.6) is 0 Å². The highest BCUT2D eigenvalue weighted by atomic mass is 16.7. The lowest BCUT2D eigenvalue weighted by molar-refractivity contribution is -0.150. The van der Waals surface area contributed by atoms with Crippen LogP contribution in [0.4, 0.5) is 0 Å². The molecule has 0 N–H and O–H groups in total. The molecular formula is C8H12O3. The summed E-state index contributed by atoms with van der Waals surface area (Å²) in [5.41, 5.74) is 0.650. The zero-order chi connectivity index (χ0) is 8.10. The van der Waals surface area contributed by atoms with Gasteiger partial charge in [0.05, 0.1) is 13.2 Å². The first kappa shape index (κ1) is 8.43. The molecule has 1 heterocycles. The third-order valence-electron chi connectivity index (χ3n) is 1.44. The van der Waals surface area contributed by atoms with Crippen LogP contribution < -0.4 is 0 Å². The van der Waals surface area contributed by atoms with Crippen LogP contribution in [-0.2, 0) is 14.3 Å². The predicted molar refractivity (Wildman–Crippen MR) is 40.1 cm³/mol. The maximum atomic E-state index is 10.2. The van der Waals surface area contributed by atoms with E-state index in [1.807, 2.05) is 0 Å². The zero-order valence-electron chi connectivity index (χ0n) is 6.58. The molecule has 0 aromatic carbocycles. The van der Waals surface area contributed by atoms with E-state index in [1.54, 1.807) is 13.0 Å². The Bertz CT molecular complexity index is 157. The van der Waals surface area contributed by atoms with Gasteiger partial charge in [0.25, 0.3) is 0 Å². The highest BCUT2D eigenvalue weighted by molar-refractivity contribution is 5.72. The molecule has 0 atom stereocenters. The van der Waals surface area contributed by atoms with Crippen LogP contribution >= 0.6 is 0 Å². The normalized spacial score (nSPS) is 21.7. The molecule has 11 heavy (non-hydrogen) atoms. The summed E-state index contributed by atoms with van der Waals surface area (Å²) in [4.78, 5) is 10.2. The Kier molecular flexibility index (Phi) is 3.26. The number of carbonyl (C=O) groups excluding carboxylic acids is 1. The number of carbonyl (C=O) groups is 1. The van der Waals surface area contributed by atoms with Crippen molar-refractivity contribution in [3.8, 4) is 0 Å². The molecule has 0 spiro atoms. The van der Waals surface area contributed by atoms with Gasteiger partial charge < -0.3 is 9.47 Å². The Morgan fingerprint density at radius 1 is 1.45 bits per heavy atom. The lowest BCUT2D eigenvalue weighted by atomic mass is 10.3. The van der Waals surface area contributed by atoms with E-state index in [0.29, 0.717) is 18.8 Å². The summed E-state index contributed by atoms with van der Waals surface area (Å²) in [6.45, 7) is 3.16. The molecule has 0 bridgehead atoms. The molecule has 0 saturated carbocycles. The third kappa shape index (κ3) is 2.82. The Morgan fingerprint density at radius 3 is 2.64 bits per heavy atom. The average molecular weight is 156 g/mol. The molecule has 62 valence electrons. The second kappa shape index (κ2) is 4.26. The molecule has 0 aromatic rings. The molecule has 1 aliphatic rings. The van der Waals surface area contributed by atoms with Gasteiger partial charge in [-0.1, -0.05) is 0 Å². The summed E-state index contributed by atoms with van der Waals surface area (Å²) in [5, 5.41) is 0. The van der Waals surface area contributed by atoms with Crippen molar-refractivity contribution < 1.29 is 14.3 Å². The van der Waals surface area contributed by atoms with Crippen molar-refractivity contribution in [3.63, 3.8) is 0 Å². The Balaban J connectivity index is 2.40. The second-order valence-electron chi connectivity index (χ2n) is 2.49. The first-order valence-corrected chi connectivity index (χ1v) is 3.70. The van der Waals surface area contributed by atoms with Gasteiger partial charge in [0.2, 0.25) is 0 Å². The average Bonchev–Trinajstić information content (AvgIpc) is 2.06. The van der Waals surface area contributed by atoms with Crippen molar-refractivity contribution in [1.82, 2.24) is 0 Å². The van der Waals surface area contributed by atoms with E-state index in [2.05, 4.69) is 0 Å². The van der Waals surface area contributed by atoms with Crippen molar-refractivity contribution in [2.75, 3.05) is 13.2 Å². The Labute approximate surface area is 66.0 Å². The fraction of sp³-hybridized carbons (Fsp3) is 0.625. The summed E-state index contributed by atoms with van der Waals surface area (Å²) in [7, 11) is 0. The second-order valence-corrected chi connectivity index (χ2v) is 2.49. The standard InChI is InChI=1S/C8H12O3/c1-7(6-9)5-8-10-3-2-4-11-8/h5-6,8H,2-4H2,1H3/b7-5+. The van der Waals surface area contributed by atoms with Crippen molar-refractivity contribution in [1.29, 1.82) is 0 Å². The van der Waals surface area contributed by atoms with Gasteiger partial charge in [0.15, 0.2) is 6.29 Å². The van der Waals surface area contributed by atoms with Gasteiger partial charge >= 0.3 is 0 Å². The molecule has 1 aliphatic heterocycles. The van der Waals surface area contributed by atoms with Gasteiger partial charge in [0, 0.05) is 0 Å². The molecule has 1 rings (SSSR count). The predicted octanol–water partition coefficient (Wildman–Crippen LogP) is 0.895. The van der Waals surface area contributed by atoms with Crippen molar-refractivity contribution >= 4 is 6.29 Å². The molecule has 0 unspecified atom stereocenters. The highest BCUT2D eigenvalue weighted by Gasteiger charge is 2.10. The van der Waals surface area contributed by atoms with Crippen LogP contribution in [0.25, 0.3) is 0 Å². The maximum absolute atomic E-state index is 10.2. The molecule has 3 heteroatoms. The molecule has 0 aromatic heterocycles. The summed E-state index contributed by atoms with van der Waals surface area (Å²) >= 11 is 0. The summed E-state index contributed by atoms with van der Waals surface area (Å²) in [6.07, 6.45) is 3.10. The van der Waals surface area contributed by atoms with Crippen LogP contribution in [0.3, 0.4) is 0 Å². The quantitative estimate of drug-likeness (QED) is 0.440. The summed E-state index contributed by atoms with van der Waals surface area (Å²) in [5.74, 6) is 0. The number of ether oxygens (including phenoxy) is 2. The monoisotopic (exact) mass is 156 g/mol. The van der Waals surface area contributed by atoms with Crippen molar-refractivity contribution in [2.45, 2.75) is 19.6 Å². The maximum Gasteiger partial charge on any atom is 0.177 e. The Morgan fingerprint density at radius 2 is 2.09 bits per heavy atom. The van der Waals surface area contributed by atoms with Crippen LogP contribution in [0.1, 0.15) is 13.3 Å². The van der Waals surface area contributed by atoms with Gasteiger partial charge in [-0.05, 0) is 25.0 Å². The first-order valence-electron chi connectivity index (χ1n) is 3.70.